The molecule has 0 heterocycles. The number of benzene rings is 2. The highest BCUT2D eigenvalue weighted by atomic mass is 19.1. The minimum atomic E-state index is -1.46. The lowest BCUT2D eigenvalue weighted by Crippen LogP contribution is -2.06. The minimum Gasteiger partial charge on any atom is -0.478 e. The molecule has 0 unspecified atom stereocenters. The Balaban J connectivity index is 2.59. The number of hydrogen-bond acceptors (Lipinski definition) is 3. The van der Waals surface area contributed by atoms with Gasteiger partial charge in [0.25, 0.3) is 0 Å². The molecule has 0 aromatic heterocycles. The van der Waals surface area contributed by atoms with Gasteiger partial charge >= 0.3 is 11.9 Å². The van der Waals surface area contributed by atoms with Crippen molar-refractivity contribution in [2.24, 2.45) is 0 Å². The van der Waals surface area contributed by atoms with Crippen LogP contribution in [0.4, 0.5) is 8.78 Å². The van der Waals surface area contributed by atoms with Gasteiger partial charge in [-0.25, -0.2) is 18.4 Å². The summed E-state index contributed by atoms with van der Waals surface area (Å²) in [4.78, 5) is 22.4. The molecule has 0 aliphatic heterocycles. The molecule has 0 fully saturated rings. The van der Waals surface area contributed by atoms with Crippen LogP contribution in [0.15, 0.2) is 36.4 Å². The number of aromatic carboxylic acids is 1. The first-order valence-electron chi connectivity index (χ1n) is 5.85. The number of carboxylic acids is 1. The molecule has 1 N–H and O–H groups in total. The van der Waals surface area contributed by atoms with Crippen molar-refractivity contribution in [3.8, 4) is 11.1 Å². The molecule has 0 saturated heterocycles. The lowest BCUT2D eigenvalue weighted by Gasteiger charge is -2.09. The number of carboxylic acid groups (broad SMARTS) is 1. The van der Waals surface area contributed by atoms with Crippen LogP contribution in [0.3, 0.4) is 0 Å². The second-order valence-corrected chi connectivity index (χ2v) is 4.15. The van der Waals surface area contributed by atoms with Gasteiger partial charge in [0, 0.05) is 0 Å². The average Bonchev–Trinajstić information content (AvgIpc) is 2.45. The molecular formula is C15H10F2O4. The first-order chi connectivity index (χ1) is 9.95. The smallest absolute Gasteiger partial charge is 0.340 e. The van der Waals surface area contributed by atoms with E-state index in [9.17, 15) is 18.4 Å². The van der Waals surface area contributed by atoms with Gasteiger partial charge in [0.05, 0.1) is 12.7 Å². The predicted octanol–water partition coefficient (Wildman–Crippen LogP) is 3.12. The quantitative estimate of drug-likeness (QED) is 0.883. The number of carbonyl (C=O) groups is 2. The van der Waals surface area contributed by atoms with Crippen LogP contribution in [0.2, 0.25) is 0 Å². The standard InChI is InChI=1S/C15H10F2O4/c1-21-15(20)10-6-5-8(7-12(10)17)9-3-2-4-11(16)13(9)14(18)19/h2-7H,1H3,(H,18,19). The summed E-state index contributed by atoms with van der Waals surface area (Å²) in [5, 5.41) is 9.05. The van der Waals surface area contributed by atoms with E-state index in [1.165, 1.54) is 18.2 Å². The lowest BCUT2D eigenvalue weighted by atomic mass is 9.98. The third-order valence-electron chi connectivity index (χ3n) is 2.91. The van der Waals surface area contributed by atoms with E-state index in [4.69, 9.17) is 5.11 Å². The van der Waals surface area contributed by atoms with Crippen molar-refractivity contribution in [2.75, 3.05) is 7.11 Å². The molecule has 0 amide bonds. The number of hydrogen-bond donors (Lipinski definition) is 1. The topological polar surface area (TPSA) is 63.6 Å². The summed E-state index contributed by atoms with van der Waals surface area (Å²) >= 11 is 0. The van der Waals surface area contributed by atoms with E-state index in [1.54, 1.807) is 0 Å². The van der Waals surface area contributed by atoms with Crippen molar-refractivity contribution < 1.29 is 28.2 Å². The van der Waals surface area contributed by atoms with Crippen molar-refractivity contribution in [1.29, 1.82) is 0 Å². The van der Waals surface area contributed by atoms with Crippen molar-refractivity contribution in [2.45, 2.75) is 0 Å². The van der Waals surface area contributed by atoms with E-state index in [1.807, 2.05) is 0 Å². The summed E-state index contributed by atoms with van der Waals surface area (Å²) in [5.41, 5.74) is -0.660. The van der Waals surface area contributed by atoms with E-state index in [2.05, 4.69) is 4.74 Å². The van der Waals surface area contributed by atoms with Crippen LogP contribution < -0.4 is 0 Å². The third-order valence-corrected chi connectivity index (χ3v) is 2.91. The van der Waals surface area contributed by atoms with E-state index in [0.29, 0.717) is 0 Å². The SMILES string of the molecule is COC(=O)c1ccc(-c2cccc(F)c2C(=O)O)cc1F. The summed E-state index contributed by atoms with van der Waals surface area (Å²) in [6.07, 6.45) is 0. The lowest BCUT2D eigenvalue weighted by molar-refractivity contribution is 0.0594. The maximum Gasteiger partial charge on any atom is 0.340 e. The van der Waals surface area contributed by atoms with Crippen molar-refractivity contribution in [3.63, 3.8) is 0 Å². The molecule has 0 aliphatic carbocycles. The van der Waals surface area contributed by atoms with Gasteiger partial charge in [0.15, 0.2) is 0 Å². The first kappa shape index (κ1) is 14.6. The molecule has 0 atom stereocenters. The van der Waals surface area contributed by atoms with Gasteiger partial charge in [0.2, 0.25) is 0 Å². The molecule has 0 spiro atoms. The monoisotopic (exact) mass is 292 g/mol. The highest BCUT2D eigenvalue weighted by Crippen LogP contribution is 2.27. The molecule has 6 heteroatoms. The molecule has 0 bridgehead atoms. The van der Waals surface area contributed by atoms with E-state index >= 15 is 0 Å². The number of carbonyl (C=O) groups excluding carboxylic acids is 1. The zero-order chi connectivity index (χ0) is 15.6. The van der Waals surface area contributed by atoms with E-state index in [-0.39, 0.29) is 16.7 Å². The van der Waals surface area contributed by atoms with Crippen LogP contribution in [0.1, 0.15) is 20.7 Å². The summed E-state index contributed by atoms with van der Waals surface area (Å²) in [5.74, 6) is -4.10. The summed E-state index contributed by atoms with van der Waals surface area (Å²) in [7, 11) is 1.12. The molecule has 2 aromatic rings. The highest BCUT2D eigenvalue weighted by molar-refractivity contribution is 5.97. The molecule has 21 heavy (non-hydrogen) atoms. The molecule has 4 nitrogen and oxygen atoms in total. The van der Waals surface area contributed by atoms with Crippen LogP contribution >= 0.6 is 0 Å². The number of ether oxygens (including phenoxy) is 1. The summed E-state index contributed by atoms with van der Waals surface area (Å²) < 4.78 is 31.9. The second kappa shape index (κ2) is 5.70. The predicted molar refractivity (Wildman–Crippen MR) is 70.1 cm³/mol. The molecule has 0 radical (unpaired) electrons. The van der Waals surface area contributed by atoms with Gasteiger partial charge in [-0.1, -0.05) is 18.2 Å². The van der Waals surface area contributed by atoms with Crippen LogP contribution in [0.5, 0.6) is 0 Å². The molecule has 108 valence electrons. The Kier molecular flexibility index (Phi) is 3.98. The van der Waals surface area contributed by atoms with Gasteiger partial charge in [-0.3, -0.25) is 0 Å². The Bertz CT molecular complexity index is 726. The largest absolute Gasteiger partial charge is 0.478 e. The maximum absolute atomic E-state index is 13.9. The van der Waals surface area contributed by atoms with Gasteiger partial charge < -0.3 is 9.84 Å². The Hall–Kier alpha value is -2.76. The van der Waals surface area contributed by atoms with Crippen molar-refractivity contribution in [3.05, 3.63) is 59.2 Å². The third kappa shape index (κ3) is 2.74. The zero-order valence-corrected chi connectivity index (χ0v) is 10.9. The van der Waals surface area contributed by atoms with Gasteiger partial charge in [-0.2, -0.15) is 0 Å². The molecule has 2 rings (SSSR count). The Morgan fingerprint density at radius 2 is 1.81 bits per heavy atom. The van der Waals surface area contributed by atoms with Crippen molar-refractivity contribution >= 4 is 11.9 Å². The maximum atomic E-state index is 13.9. The Morgan fingerprint density at radius 1 is 1.10 bits per heavy atom. The Labute approximate surface area is 118 Å². The van der Waals surface area contributed by atoms with Crippen LogP contribution in [-0.4, -0.2) is 24.2 Å². The van der Waals surface area contributed by atoms with Gasteiger partial charge in [0.1, 0.15) is 17.2 Å². The summed E-state index contributed by atoms with van der Waals surface area (Å²) in [6, 6.07) is 7.14. The van der Waals surface area contributed by atoms with Gasteiger partial charge in [-0.15, -0.1) is 0 Å². The molecular weight excluding hydrogens is 282 g/mol. The van der Waals surface area contributed by atoms with Crippen molar-refractivity contribution in [1.82, 2.24) is 0 Å². The molecule has 2 aromatic carbocycles. The Morgan fingerprint density at radius 3 is 2.38 bits per heavy atom. The van der Waals surface area contributed by atoms with Crippen LogP contribution in [0.25, 0.3) is 11.1 Å². The molecule has 0 aliphatic rings. The average molecular weight is 292 g/mol. The fourth-order valence-corrected chi connectivity index (χ4v) is 1.94. The first-order valence-corrected chi connectivity index (χ1v) is 5.85. The number of halogens is 2. The van der Waals surface area contributed by atoms with E-state index < -0.39 is 29.1 Å². The fourth-order valence-electron chi connectivity index (χ4n) is 1.94. The number of esters is 1. The molecule has 0 saturated carbocycles. The van der Waals surface area contributed by atoms with Gasteiger partial charge in [-0.05, 0) is 29.3 Å². The fraction of sp³-hybridized carbons (Fsp3) is 0.0667. The second-order valence-electron chi connectivity index (χ2n) is 4.15. The summed E-state index contributed by atoms with van der Waals surface area (Å²) in [6.45, 7) is 0. The highest BCUT2D eigenvalue weighted by Gasteiger charge is 2.19. The normalized spacial score (nSPS) is 10.2. The number of methoxy groups -OCH3 is 1. The van der Waals surface area contributed by atoms with Crippen LogP contribution in [0, 0.1) is 11.6 Å². The van der Waals surface area contributed by atoms with Crippen LogP contribution in [-0.2, 0) is 4.74 Å². The van der Waals surface area contributed by atoms with E-state index in [0.717, 1.165) is 25.3 Å². The minimum absolute atomic E-state index is 0.0258. The number of rotatable bonds is 3. The zero-order valence-electron chi connectivity index (χ0n) is 10.9.